The van der Waals surface area contributed by atoms with E-state index < -0.39 is 62.0 Å². The van der Waals surface area contributed by atoms with Crippen molar-refractivity contribution in [2.75, 3.05) is 0 Å². The Balaban J connectivity index is 1.01. The van der Waals surface area contributed by atoms with Gasteiger partial charge in [-0.1, -0.05) is 184 Å². The van der Waals surface area contributed by atoms with E-state index in [1.807, 2.05) is 185 Å². The second-order valence-electron chi connectivity index (χ2n) is 24.3. The van der Waals surface area contributed by atoms with Crippen molar-refractivity contribution < 1.29 is 28.5 Å². The summed E-state index contributed by atoms with van der Waals surface area (Å²) in [5, 5.41) is 5.49. The summed E-state index contributed by atoms with van der Waals surface area (Å²) in [7, 11) is 0. The number of hydrogen-bond acceptors (Lipinski definition) is 2. The lowest BCUT2D eigenvalue weighted by Gasteiger charge is -2.23. The van der Waals surface area contributed by atoms with Crippen LogP contribution in [0.5, 0.6) is 11.5 Å². The lowest BCUT2D eigenvalue weighted by atomic mass is 9.87. The molecule has 0 spiro atoms. The van der Waals surface area contributed by atoms with Gasteiger partial charge in [0.1, 0.15) is 17.3 Å². The Bertz CT molecular complexity index is 6510. The summed E-state index contributed by atoms with van der Waals surface area (Å²) in [6.45, 7) is 0.676. The number of aromatic nitrogens is 6. The fourth-order valence-electron chi connectivity index (χ4n) is 14.0. The highest BCUT2D eigenvalue weighted by Crippen LogP contribution is 2.49. The molecular formula is C84H60N6O. The largest absolute Gasteiger partial charge is 0.458 e. The van der Waals surface area contributed by atoms with Gasteiger partial charge in [0.05, 0.1) is 72.2 Å². The van der Waals surface area contributed by atoms with Crippen molar-refractivity contribution in [1.29, 1.82) is 0 Å². The Morgan fingerprint density at radius 3 is 1.56 bits per heavy atom. The number of rotatable bonds is 7. The zero-order chi connectivity index (χ0) is 72.8. The molecule has 91 heavy (non-hydrogen) atoms. The summed E-state index contributed by atoms with van der Waals surface area (Å²) in [4.78, 5) is 4.93. The van der Waals surface area contributed by atoms with Gasteiger partial charge in [0, 0.05) is 58.5 Å². The average molecular weight is 1180 g/mol. The molecule has 5 aromatic heterocycles. The third-order valence-corrected chi connectivity index (χ3v) is 18.0. The smallest absolute Gasteiger partial charge is 0.269 e. The third kappa shape index (κ3) is 8.07. The van der Waals surface area contributed by atoms with Crippen molar-refractivity contribution in [3.63, 3.8) is 0 Å². The molecule has 18 rings (SSSR count). The second-order valence-corrected chi connectivity index (χ2v) is 24.3. The minimum atomic E-state index is -2.92. The number of para-hydroxylation sites is 5. The van der Waals surface area contributed by atoms with Gasteiger partial charge in [0.15, 0.2) is 0 Å². The maximum atomic E-state index is 10.4. The van der Waals surface area contributed by atoms with Crippen LogP contribution >= 0.6 is 0 Å². The molecule has 0 saturated heterocycles. The molecule has 0 radical (unpaired) electrons. The standard InChI is InChI=1S/C84H60N6O/c1-52-22-20-23-53(2)81(52)54-44-70-62-28-8-6-26-60(62)61-27-7-9-29-63(61)71-48-57(88-72-35-15-10-30-64(72)65-31-11-16-36-73(65)88)49-78-82(71)87(83(70)79(45-54)89-74-37-17-12-32-66(74)67-33-13-18-38-75(67)89)51-86(78)56-24-21-25-58(47-56)91-59-40-41-69-68-34-14-19-39-76(68)90(77(69)50-59)80-46-55(42-43-85-80)84(3,4)5/h6-50H,1-5H3/i1D3,2D3,6D,7D,8D,9D,26D,27D,28D,29D. The summed E-state index contributed by atoms with van der Waals surface area (Å²) in [6.07, 6.45) is 5.65. The van der Waals surface area contributed by atoms with Crippen LogP contribution in [-0.2, 0) is 5.41 Å². The Kier molecular flexibility index (Phi) is 8.81. The van der Waals surface area contributed by atoms with Gasteiger partial charge in [0.25, 0.3) is 6.33 Å². The third-order valence-electron chi connectivity index (χ3n) is 18.0. The molecule has 0 bridgehead atoms. The van der Waals surface area contributed by atoms with Gasteiger partial charge in [0.2, 0.25) is 0 Å². The minimum Gasteiger partial charge on any atom is -0.458 e. The molecule has 0 N–H and O–H groups in total. The highest BCUT2D eigenvalue weighted by atomic mass is 16.5. The molecule has 0 atom stereocenters. The summed E-state index contributed by atoms with van der Waals surface area (Å²) in [5.74, 6) is 1.68. The molecule has 0 saturated carbocycles. The van der Waals surface area contributed by atoms with E-state index in [-0.39, 0.29) is 72.4 Å². The zero-order valence-electron chi connectivity index (χ0n) is 63.5. The monoisotopic (exact) mass is 1180 g/mol. The van der Waals surface area contributed by atoms with Crippen LogP contribution in [-0.4, -0.2) is 23.3 Å². The van der Waals surface area contributed by atoms with E-state index in [9.17, 15) is 11.0 Å². The van der Waals surface area contributed by atoms with Crippen LogP contribution in [0.15, 0.2) is 273 Å². The van der Waals surface area contributed by atoms with Crippen molar-refractivity contribution in [1.82, 2.24) is 23.3 Å². The topological polar surface area (TPSA) is 45.7 Å². The zero-order valence-corrected chi connectivity index (χ0v) is 49.5. The number of benzene rings is 12. The van der Waals surface area contributed by atoms with Gasteiger partial charge < -0.3 is 13.9 Å². The van der Waals surface area contributed by atoms with Crippen LogP contribution in [0.3, 0.4) is 0 Å². The predicted molar refractivity (Wildman–Crippen MR) is 374 cm³/mol. The van der Waals surface area contributed by atoms with Crippen LogP contribution in [0.1, 0.15) is 56.7 Å². The molecule has 6 heterocycles. The van der Waals surface area contributed by atoms with Gasteiger partial charge in [-0.2, -0.15) is 0 Å². The van der Waals surface area contributed by atoms with E-state index in [1.165, 1.54) is 18.2 Å². The molecule has 7 heteroatoms. The molecule has 0 aliphatic carbocycles. The van der Waals surface area contributed by atoms with Crippen LogP contribution in [0, 0.1) is 20.0 Å². The molecular weight excluding hydrogens is 1110 g/mol. The summed E-state index contributed by atoms with van der Waals surface area (Å²) < 4.78 is 151. The summed E-state index contributed by atoms with van der Waals surface area (Å²) in [6, 6.07) is 63.4. The van der Waals surface area contributed by atoms with Crippen molar-refractivity contribution in [2.45, 2.75) is 39.9 Å². The van der Waals surface area contributed by atoms with Gasteiger partial charge in [-0.25, -0.2) is 4.98 Å². The Labute approximate surface area is 546 Å². The lowest BCUT2D eigenvalue weighted by molar-refractivity contribution is -0.571. The van der Waals surface area contributed by atoms with Crippen LogP contribution in [0.2, 0.25) is 0 Å². The Morgan fingerprint density at radius 2 is 0.967 bits per heavy atom. The van der Waals surface area contributed by atoms with E-state index >= 15 is 0 Å². The van der Waals surface area contributed by atoms with Crippen molar-refractivity contribution in [2.24, 2.45) is 0 Å². The quantitative estimate of drug-likeness (QED) is 0.118. The van der Waals surface area contributed by atoms with Crippen molar-refractivity contribution in [3.8, 4) is 84.6 Å². The first-order valence-electron chi connectivity index (χ1n) is 37.2. The first-order chi connectivity index (χ1) is 50.3. The number of pyridine rings is 1. The van der Waals surface area contributed by atoms with E-state index in [2.05, 4.69) is 54.4 Å². The SMILES string of the molecule is [2H]c1c([2H])c([2H])c2c(c1[2H])-c1cc(-c3c(C([2H])([2H])[2H])cccc3C([2H])([2H])[2H])cc(-n3c4ccccc4c4ccccc43)c1-[n+]1[c-]n(-c3cccc(Oc4ccc5c6ccccc6n(-c6cc(C(C)(C)C)ccn6)c5c4)c3)c3cc(-n4c5ccccc5c5ccccc54)cc(c31)-c1c([2H])c([2H])c([2H])c([2H])c1-2. The number of imidazole rings is 1. The first kappa shape index (κ1) is 40.1. The minimum absolute atomic E-state index is 0.00593. The fourth-order valence-corrected chi connectivity index (χ4v) is 14.0. The molecule has 17 aromatic rings. The molecule has 0 unspecified atom stereocenters. The molecule has 1 aliphatic rings. The fraction of sp³-hybridized carbons (Fsp3) is 0.0714. The molecule has 432 valence electrons. The Hall–Kier alpha value is -11.5. The number of hydrogen-bond donors (Lipinski definition) is 0. The number of aryl methyl sites for hydroxylation is 2. The predicted octanol–water partition coefficient (Wildman–Crippen LogP) is 21.1. The van der Waals surface area contributed by atoms with E-state index in [4.69, 9.17) is 17.9 Å². The first-order valence-corrected chi connectivity index (χ1v) is 30.2. The summed E-state index contributed by atoms with van der Waals surface area (Å²) >= 11 is 0. The van der Waals surface area contributed by atoms with E-state index in [0.29, 0.717) is 44.9 Å². The van der Waals surface area contributed by atoms with Gasteiger partial charge in [-0.3, -0.25) is 13.7 Å². The maximum Gasteiger partial charge on any atom is 0.269 e. The van der Waals surface area contributed by atoms with Gasteiger partial charge >= 0.3 is 0 Å². The number of nitrogens with zero attached hydrogens (tertiary/aromatic N) is 6. The highest BCUT2D eigenvalue weighted by molar-refractivity contribution is 6.13. The molecule has 7 nitrogen and oxygen atoms in total. The van der Waals surface area contributed by atoms with Crippen LogP contribution in [0.25, 0.3) is 150 Å². The van der Waals surface area contributed by atoms with Crippen LogP contribution in [0.4, 0.5) is 0 Å². The Morgan fingerprint density at radius 1 is 0.440 bits per heavy atom. The van der Waals surface area contributed by atoms with Gasteiger partial charge in [-0.15, -0.1) is 0 Å². The number of fused-ring (bicyclic) bond motifs is 16. The lowest BCUT2D eigenvalue weighted by Crippen LogP contribution is -2.33. The molecule has 0 fully saturated rings. The van der Waals surface area contributed by atoms with E-state index in [0.717, 1.165) is 65.8 Å². The molecule has 0 amide bonds. The van der Waals surface area contributed by atoms with Gasteiger partial charge in [-0.05, 0) is 177 Å². The van der Waals surface area contributed by atoms with Crippen molar-refractivity contribution in [3.05, 3.63) is 296 Å². The average Bonchev–Trinajstić information content (AvgIpc) is 1.56. The van der Waals surface area contributed by atoms with Crippen molar-refractivity contribution >= 4 is 76.5 Å². The normalized spacial score (nSPS) is 14.7. The van der Waals surface area contributed by atoms with E-state index in [1.54, 1.807) is 16.7 Å². The maximum absolute atomic E-state index is 10.4. The molecule has 12 aromatic carbocycles. The molecule has 1 aliphatic heterocycles. The number of ether oxygens (including phenoxy) is 1. The highest BCUT2D eigenvalue weighted by Gasteiger charge is 2.31. The van der Waals surface area contributed by atoms with Crippen LogP contribution < -0.4 is 9.30 Å². The second kappa shape index (κ2) is 20.0. The summed E-state index contributed by atoms with van der Waals surface area (Å²) in [5.41, 5.74) is 6.53.